The monoisotopic (exact) mass is 139 g/mol. The van der Waals surface area contributed by atoms with Crippen LogP contribution in [0.5, 0.6) is 0 Å². The van der Waals surface area contributed by atoms with E-state index in [2.05, 4.69) is 37.9 Å². The molecule has 0 spiro atoms. The Balaban J connectivity index is 2.83. The molecular formula is C2H5NS3. The molecule has 0 heterocycles. The third-order valence-electron chi connectivity index (χ3n) is 0.283. The molecule has 0 aliphatic rings. The van der Waals surface area contributed by atoms with Gasteiger partial charge in [-0.25, -0.2) is 0 Å². The van der Waals surface area contributed by atoms with E-state index >= 15 is 0 Å². The van der Waals surface area contributed by atoms with Crippen molar-refractivity contribution in [1.29, 1.82) is 0 Å². The molecule has 0 aliphatic heterocycles. The van der Waals surface area contributed by atoms with Gasteiger partial charge in [-0.2, -0.15) is 12.6 Å². The van der Waals surface area contributed by atoms with Crippen LogP contribution in [0.2, 0.25) is 0 Å². The SMILES string of the molecule is S=[N+]([S-])CCS. The van der Waals surface area contributed by atoms with E-state index in [4.69, 9.17) is 0 Å². The zero-order valence-corrected chi connectivity index (χ0v) is 5.65. The molecule has 1 nitrogen and oxygen atoms in total. The second-order valence-corrected chi connectivity index (χ2v) is 2.34. The van der Waals surface area contributed by atoms with Crippen molar-refractivity contribution in [3.05, 3.63) is 0 Å². The Bertz CT molecular complexity index is 52.8. The fourth-order valence-corrected chi connectivity index (χ4v) is 0.735. The van der Waals surface area contributed by atoms with Crippen molar-refractivity contribution < 1.29 is 3.35 Å². The Kier molecular flexibility index (Phi) is 4.14. The standard InChI is InChI=1S/C2H5NS3/c4-2-1-3(5)6/h4H,1-2H2. The van der Waals surface area contributed by atoms with Gasteiger partial charge >= 0.3 is 0 Å². The fraction of sp³-hybridized carbons (Fsp3) is 1.00. The molecule has 0 amide bonds. The smallest absolute Gasteiger partial charge is 0.147 e. The maximum atomic E-state index is 4.48. The normalized spacial score (nSPS) is 8.17. The van der Waals surface area contributed by atoms with Crippen LogP contribution >= 0.6 is 12.6 Å². The first-order valence-electron chi connectivity index (χ1n) is 1.50. The predicted molar refractivity (Wildman–Crippen MR) is 33.7 cm³/mol. The first kappa shape index (κ1) is 6.59. The Morgan fingerprint density at radius 3 is 2.33 bits per heavy atom. The Morgan fingerprint density at radius 1 is 1.83 bits per heavy atom. The fourth-order valence-electron chi connectivity index (χ4n) is 0.0816. The van der Waals surface area contributed by atoms with Crippen LogP contribution in [0, 0.1) is 0 Å². The van der Waals surface area contributed by atoms with Crippen LogP contribution in [0.4, 0.5) is 0 Å². The van der Waals surface area contributed by atoms with Crippen molar-refractivity contribution in [2.45, 2.75) is 0 Å². The van der Waals surface area contributed by atoms with Crippen LogP contribution in [-0.2, 0) is 25.2 Å². The zero-order chi connectivity index (χ0) is 4.99. The van der Waals surface area contributed by atoms with Gasteiger partial charge in [-0.1, -0.05) is 25.2 Å². The van der Waals surface area contributed by atoms with Crippen LogP contribution < -0.4 is 0 Å². The second-order valence-electron chi connectivity index (χ2n) is 0.780. The topological polar surface area (TPSA) is 3.01 Å². The van der Waals surface area contributed by atoms with Crippen molar-refractivity contribution in [2.75, 3.05) is 12.3 Å². The minimum Gasteiger partial charge on any atom is -0.261 e. The molecule has 0 aromatic heterocycles. The van der Waals surface area contributed by atoms with Gasteiger partial charge in [-0.3, -0.25) is 3.35 Å². The molecule has 0 rings (SSSR count). The number of hydrogen-bond donors (Lipinski definition) is 1. The Hall–Kier alpha value is 0.590. The van der Waals surface area contributed by atoms with Crippen molar-refractivity contribution in [3.8, 4) is 0 Å². The molecule has 4 heteroatoms. The largest absolute Gasteiger partial charge is 0.261 e. The minimum atomic E-state index is 0.702. The lowest BCUT2D eigenvalue weighted by Crippen LogP contribution is -2.00. The lowest BCUT2D eigenvalue weighted by Gasteiger charge is -1.88. The van der Waals surface area contributed by atoms with Gasteiger partial charge < -0.3 is 0 Å². The summed E-state index contributed by atoms with van der Waals surface area (Å²) in [7, 11) is 0. The first-order chi connectivity index (χ1) is 2.77. The highest BCUT2D eigenvalue weighted by atomic mass is 32.2. The van der Waals surface area contributed by atoms with Gasteiger partial charge in [0.15, 0.2) is 0 Å². The number of hydrogen-bond acceptors (Lipinski definition) is 3. The van der Waals surface area contributed by atoms with Crippen LogP contribution in [0.15, 0.2) is 0 Å². The number of thiol groups is 1. The van der Waals surface area contributed by atoms with Crippen LogP contribution in [0.1, 0.15) is 0 Å². The highest BCUT2D eigenvalue weighted by Crippen LogP contribution is 1.70. The highest BCUT2D eigenvalue weighted by Gasteiger charge is 1.78. The van der Waals surface area contributed by atoms with E-state index in [-0.39, 0.29) is 0 Å². The molecule has 0 radical (unpaired) electrons. The average molecular weight is 139 g/mol. The van der Waals surface area contributed by atoms with Crippen LogP contribution in [0.25, 0.3) is 0 Å². The van der Waals surface area contributed by atoms with Crippen molar-refractivity contribution in [3.63, 3.8) is 0 Å². The molecule has 0 aromatic rings. The summed E-state index contributed by atoms with van der Waals surface area (Å²) in [4.78, 5) is 0. The van der Waals surface area contributed by atoms with Gasteiger partial charge in [-0.05, 0) is 0 Å². The van der Waals surface area contributed by atoms with E-state index < -0.39 is 0 Å². The average Bonchev–Trinajstić information content (AvgIpc) is 1.35. The van der Waals surface area contributed by atoms with Crippen LogP contribution in [-0.4, -0.2) is 15.6 Å². The molecule has 0 aromatic carbocycles. The molecule has 0 N–H and O–H groups in total. The molecule has 36 valence electrons. The molecule has 6 heavy (non-hydrogen) atoms. The Morgan fingerprint density at radius 2 is 2.33 bits per heavy atom. The van der Waals surface area contributed by atoms with E-state index in [0.717, 1.165) is 5.75 Å². The summed E-state index contributed by atoms with van der Waals surface area (Å²) < 4.78 is 1.27. The van der Waals surface area contributed by atoms with E-state index in [0.29, 0.717) is 6.54 Å². The molecule has 0 unspecified atom stereocenters. The molecule has 0 atom stereocenters. The molecular weight excluding hydrogens is 134 g/mol. The second kappa shape index (κ2) is 3.77. The van der Waals surface area contributed by atoms with Crippen molar-refractivity contribution in [2.24, 2.45) is 0 Å². The summed E-state index contributed by atoms with van der Waals surface area (Å²) in [6.07, 6.45) is 0. The van der Waals surface area contributed by atoms with Gasteiger partial charge in [0.2, 0.25) is 0 Å². The Labute approximate surface area is 53.9 Å². The van der Waals surface area contributed by atoms with E-state index in [1.165, 1.54) is 3.35 Å². The summed E-state index contributed by atoms with van der Waals surface area (Å²) >= 11 is 12.8. The summed E-state index contributed by atoms with van der Waals surface area (Å²) in [5, 5.41) is 0. The molecule has 0 saturated carbocycles. The van der Waals surface area contributed by atoms with Crippen molar-refractivity contribution in [1.82, 2.24) is 0 Å². The zero-order valence-electron chi connectivity index (χ0n) is 3.13. The molecule has 0 fully saturated rings. The number of rotatable bonds is 2. The number of nitrogens with zero attached hydrogens (tertiary/aromatic N) is 1. The first-order valence-corrected chi connectivity index (χ1v) is 2.86. The third-order valence-corrected chi connectivity index (χ3v) is 0.848. The minimum absolute atomic E-state index is 0.702. The van der Waals surface area contributed by atoms with E-state index in [1.54, 1.807) is 0 Å². The predicted octanol–water partition coefficient (Wildman–Crippen LogP) is 0.121. The quantitative estimate of drug-likeness (QED) is 0.329. The summed E-state index contributed by atoms with van der Waals surface area (Å²) in [5.74, 6) is 0.743. The summed E-state index contributed by atoms with van der Waals surface area (Å²) in [6, 6.07) is 0. The van der Waals surface area contributed by atoms with Gasteiger partial charge in [0, 0.05) is 5.75 Å². The van der Waals surface area contributed by atoms with Gasteiger partial charge in [-0.15, -0.1) is 0 Å². The van der Waals surface area contributed by atoms with Crippen molar-refractivity contribution >= 4 is 37.9 Å². The third kappa shape index (κ3) is 4.59. The van der Waals surface area contributed by atoms with Gasteiger partial charge in [0.05, 0.1) is 0 Å². The molecule has 0 bridgehead atoms. The highest BCUT2D eigenvalue weighted by molar-refractivity contribution is 7.80. The van der Waals surface area contributed by atoms with E-state index in [9.17, 15) is 0 Å². The maximum Gasteiger partial charge on any atom is 0.147 e. The van der Waals surface area contributed by atoms with Gasteiger partial charge in [0.1, 0.15) is 6.54 Å². The lowest BCUT2D eigenvalue weighted by atomic mass is 10.8. The lowest BCUT2D eigenvalue weighted by molar-refractivity contribution is -0.303. The van der Waals surface area contributed by atoms with E-state index in [1.807, 2.05) is 0 Å². The maximum absolute atomic E-state index is 4.48. The molecule has 0 aliphatic carbocycles. The summed E-state index contributed by atoms with van der Waals surface area (Å²) in [6.45, 7) is 0.702. The van der Waals surface area contributed by atoms with Crippen LogP contribution in [0.3, 0.4) is 0 Å². The van der Waals surface area contributed by atoms with Gasteiger partial charge in [0.25, 0.3) is 0 Å². The molecule has 0 saturated heterocycles. The summed E-state index contributed by atoms with van der Waals surface area (Å²) in [5.41, 5.74) is 0.